The molecule has 168 valence electrons. The Balaban J connectivity index is 1.92. The Morgan fingerprint density at radius 3 is 2.34 bits per heavy atom. The number of halogens is 1. The average Bonchev–Trinajstić information content (AvgIpc) is 3.10. The number of ether oxygens (including phenoxy) is 2. The van der Waals surface area contributed by atoms with Crippen LogP contribution in [0.25, 0.3) is 10.9 Å². The van der Waals surface area contributed by atoms with Crippen LogP contribution in [0.1, 0.15) is 36.7 Å². The average molecular weight is 457 g/mol. The molecule has 1 aromatic heterocycles. The zero-order chi connectivity index (χ0) is 23.5. The Labute approximate surface area is 191 Å². The molecule has 0 aliphatic heterocycles. The first-order valence-corrected chi connectivity index (χ1v) is 10.4. The summed E-state index contributed by atoms with van der Waals surface area (Å²) in [5, 5.41) is 3.98. The zero-order valence-corrected chi connectivity index (χ0v) is 19.1. The highest BCUT2D eigenvalue weighted by atomic mass is 35.5. The number of hydrogen-bond acceptors (Lipinski definition) is 5. The van der Waals surface area contributed by atoms with Crippen LogP contribution < -0.4 is 5.32 Å². The van der Waals surface area contributed by atoms with E-state index in [0.29, 0.717) is 21.7 Å². The number of hydrogen-bond donors (Lipinski definition) is 1. The van der Waals surface area contributed by atoms with Gasteiger partial charge in [-0.2, -0.15) is 0 Å². The van der Waals surface area contributed by atoms with E-state index in [4.69, 9.17) is 21.1 Å². The van der Waals surface area contributed by atoms with Crippen molar-refractivity contribution in [2.24, 2.45) is 0 Å². The van der Waals surface area contributed by atoms with Gasteiger partial charge in [0.1, 0.15) is 11.6 Å². The van der Waals surface area contributed by atoms with Crippen LogP contribution >= 0.6 is 11.6 Å². The summed E-state index contributed by atoms with van der Waals surface area (Å²) in [7, 11) is 1.26. The molecule has 8 heteroatoms. The van der Waals surface area contributed by atoms with Gasteiger partial charge >= 0.3 is 12.1 Å². The molecule has 7 nitrogen and oxygen atoms in total. The van der Waals surface area contributed by atoms with Crippen LogP contribution in [0, 0.1) is 0 Å². The highest BCUT2D eigenvalue weighted by Gasteiger charge is 2.26. The third-order valence-corrected chi connectivity index (χ3v) is 4.96. The van der Waals surface area contributed by atoms with Gasteiger partial charge in [0.05, 0.1) is 12.6 Å². The summed E-state index contributed by atoms with van der Waals surface area (Å²) in [4.78, 5) is 37.8. The van der Waals surface area contributed by atoms with Gasteiger partial charge in [-0.1, -0.05) is 29.8 Å². The zero-order valence-electron chi connectivity index (χ0n) is 18.3. The van der Waals surface area contributed by atoms with E-state index in [1.165, 1.54) is 11.7 Å². The maximum absolute atomic E-state index is 12.7. The standard InChI is InChI=1S/C24H25ClN2O5/c1-24(2,3)32-23(30)27-14-16(18-7-5-6-8-20(18)27)13-19(22(29)31-4)26-21(28)15-9-11-17(25)12-10-15/h5-12,14,19H,13H2,1-4H3,(H,26,28)/t19-/m1/s1. The number of carbonyl (C=O) groups is 3. The van der Waals surface area contributed by atoms with Crippen LogP contribution in [0.3, 0.4) is 0 Å². The lowest BCUT2D eigenvalue weighted by Gasteiger charge is -2.19. The number of methoxy groups -OCH3 is 1. The number of fused-ring (bicyclic) bond motifs is 1. The Kier molecular flexibility index (Phi) is 6.89. The number of rotatable bonds is 5. The minimum absolute atomic E-state index is 0.127. The number of benzene rings is 2. The SMILES string of the molecule is COC(=O)[C@@H](Cc1cn(C(=O)OC(C)(C)C)c2ccccc12)NC(=O)c1ccc(Cl)cc1. The fourth-order valence-electron chi connectivity index (χ4n) is 3.27. The number of nitrogens with one attached hydrogen (secondary N) is 1. The van der Waals surface area contributed by atoms with Gasteiger partial charge < -0.3 is 14.8 Å². The van der Waals surface area contributed by atoms with Crippen molar-refractivity contribution in [1.29, 1.82) is 0 Å². The van der Waals surface area contributed by atoms with E-state index in [2.05, 4.69) is 5.32 Å². The van der Waals surface area contributed by atoms with Gasteiger partial charge in [-0.05, 0) is 56.7 Å². The fraction of sp³-hybridized carbons (Fsp3) is 0.292. The second-order valence-electron chi connectivity index (χ2n) is 8.28. The molecular weight excluding hydrogens is 432 g/mol. The van der Waals surface area contributed by atoms with Crippen molar-refractivity contribution in [1.82, 2.24) is 9.88 Å². The molecule has 1 atom stereocenters. The van der Waals surface area contributed by atoms with Crippen LogP contribution in [0.15, 0.2) is 54.7 Å². The predicted molar refractivity (Wildman–Crippen MR) is 122 cm³/mol. The van der Waals surface area contributed by atoms with Gasteiger partial charge in [0.2, 0.25) is 0 Å². The van der Waals surface area contributed by atoms with Crippen molar-refractivity contribution in [2.45, 2.75) is 38.8 Å². The molecule has 0 radical (unpaired) electrons. The lowest BCUT2D eigenvalue weighted by atomic mass is 10.0. The van der Waals surface area contributed by atoms with Crippen molar-refractivity contribution in [3.8, 4) is 0 Å². The van der Waals surface area contributed by atoms with E-state index in [1.54, 1.807) is 57.3 Å². The van der Waals surface area contributed by atoms with Gasteiger partial charge in [0.15, 0.2) is 0 Å². The molecule has 0 bridgehead atoms. The van der Waals surface area contributed by atoms with Crippen molar-refractivity contribution >= 4 is 40.5 Å². The van der Waals surface area contributed by atoms with Gasteiger partial charge in [-0.3, -0.25) is 9.36 Å². The van der Waals surface area contributed by atoms with E-state index in [1.807, 2.05) is 18.2 Å². The van der Waals surface area contributed by atoms with Crippen LogP contribution in [0.2, 0.25) is 5.02 Å². The van der Waals surface area contributed by atoms with Gasteiger partial charge in [0, 0.05) is 28.6 Å². The number of amides is 1. The lowest BCUT2D eigenvalue weighted by molar-refractivity contribution is -0.142. The Hall–Kier alpha value is -3.32. The molecule has 2 aromatic carbocycles. The first-order valence-electron chi connectivity index (χ1n) is 10.1. The summed E-state index contributed by atoms with van der Waals surface area (Å²) in [6, 6.07) is 12.7. The maximum atomic E-state index is 12.7. The third-order valence-electron chi connectivity index (χ3n) is 4.71. The van der Waals surface area contributed by atoms with E-state index in [-0.39, 0.29) is 6.42 Å². The molecular formula is C24H25ClN2O5. The Bertz CT molecular complexity index is 1150. The fourth-order valence-corrected chi connectivity index (χ4v) is 3.40. The smallest absolute Gasteiger partial charge is 0.419 e. The van der Waals surface area contributed by atoms with Crippen LogP contribution in [-0.4, -0.2) is 41.3 Å². The maximum Gasteiger partial charge on any atom is 0.419 e. The summed E-state index contributed by atoms with van der Waals surface area (Å²) < 4.78 is 11.8. The molecule has 1 heterocycles. The predicted octanol–water partition coefficient (Wildman–Crippen LogP) is 4.59. The molecule has 3 aromatic rings. The molecule has 0 saturated heterocycles. The Morgan fingerprint density at radius 2 is 1.72 bits per heavy atom. The van der Waals surface area contributed by atoms with Crippen LogP contribution in [-0.2, 0) is 20.7 Å². The van der Waals surface area contributed by atoms with E-state index in [9.17, 15) is 14.4 Å². The normalized spacial score (nSPS) is 12.3. The summed E-state index contributed by atoms with van der Waals surface area (Å²) in [6.45, 7) is 5.37. The molecule has 32 heavy (non-hydrogen) atoms. The molecule has 0 aliphatic carbocycles. The molecule has 1 amide bonds. The van der Waals surface area contributed by atoms with E-state index >= 15 is 0 Å². The second-order valence-corrected chi connectivity index (χ2v) is 8.72. The quantitative estimate of drug-likeness (QED) is 0.567. The molecule has 0 aliphatic rings. The molecule has 0 unspecified atom stereocenters. The van der Waals surface area contributed by atoms with Crippen molar-refractivity contribution in [3.05, 3.63) is 70.9 Å². The Morgan fingerprint density at radius 1 is 1.06 bits per heavy atom. The first kappa shape index (κ1) is 23.3. The number of nitrogens with zero attached hydrogens (tertiary/aromatic N) is 1. The monoisotopic (exact) mass is 456 g/mol. The highest BCUT2D eigenvalue weighted by Crippen LogP contribution is 2.24. The number of aromatic nitrogens is 1. The van der Waals surface area contributed by atoms with Crippen LogP contribution in [0.5, 0.6) is 0 Å². The molecule has 0 fully saturated rings. The van der Waals surface area contributed by atoms with Gasteiger partial charge in [-0.15, -0.1) is 0 Å². The highest BCUT2D eigenvalue weighted by molar-refractivity contribution is 6.30. The van der Waals surface area contributed by atoms with Crippen LogP contribution in [0.4, 0.5) is 4.79 Å². The molecule has 1 N–H and O–H groups in total. The van der Waals surface area contributed by atoms with Crippen molar-refractivity contribution in [2.75, 3.05) is 7.11 Å². The summed E-state index contributed by atoms with van der Waals surface area (Å²) >= 11 is 5.88. The molecule has 3 rings (SSSR count). The largest absolute Gasteiger partial charge is 0.467 e. The van der Waals surface area contributed by atoms with Crippen molar-refractivity contribution in [3.63, 3.8) is 0 Å². The number of carbonyl (C=O) groups excluding carboxylic acids is 3. The number of esters is 1. The third kappa shape index (κ3) is 5.48. The first-order chi connectivity index (χ1) is 15.1. The summed E-state index contributed by atoms with van der Waals surface area (Å²) in [6.07, 6.45) is 1.23. The summed E-state index contributed by atoms with van der Waals surface area (Å²) in [5.74, 6) is -1.03. The molecule has 0 saturated carbocycles. The minimum Gasteiger partial charge on any atom is -0.467 e. The second kappa shape index (κ2) is 9.44. The lowest BCUT2D eigenvalue weighted by Crippen LogP contribution is -2.43. The van der Waals surface area contributed by atoms with E-state index < -0.39 is 29.6 Å². The minimum atomic E-state index is -0.957. The summed E-state index contributed by atoms with van der Waals surface area (Å²) in [5.41, 5.74) is 1.03. The van der Waals surface area contributed by atoms with Gasteiger partial charge in [-0.25, -0.2) is 9.59 Å². The van der Waals surface area contributed by atoms with Crippen molar-refractivity contribution < 1.29 is 23.9 Å². The van der Waals surface area contributed by atoms with E-state index in [0.717, 1.165) is 5.39 Å². The topological polar surface area (TPSA) is 86.6 Å². The molecule has 0 spiro atoms. The van der Waals surface area contributed by atoms with Gasteiger partial charge in [0.25, 0.3) is 5.91 Å². The number of para-hydroxylation sites is 1.